The quantitative estimate of drug-likeness (QED) is 0.450. The molecule has 0 spiro atoms. The Morgan fingerprint density at radius 3 is 2.32 bits per heavy atom. The van der Waals surface area contributed by atoms with Crippen molar-refractivity contribution in [1.29, 1.82) is 0 Å². The van der Waals surface area contributed by atoms with Gasteiger partial charge in [0.2, 0.25) is 12.3 Å². The molecule has 3 heterocycles. The van der Waals surface area contributed by atoms with Gasteiger partial charge in [0.15, 0.2) is 0 Å². The molecule has 212 valence electrons. The molecule has 4 rings (SSSR count). The highest BCUT2D eigenvalue weighted by Crippen LogP contribution is 2.30. The molecule has 8 nitrogen and oxygen atoms in total. The summed E-state index contributed by atoms with van der Waals surface area (Å²) in [5.41, 5.74) is 1.86. The van der Waals surface area contributed by atoms with Crippen LogP contribution >= 0.6 is 11.3 Å². The predicted octanol–water partition coefficient (Wildman–Crippen LogP) is 4.52. The van der Waals surface area contributed by atoms with Crippen LogP contribution in [-0.2, 0) is 29.2 Å². The molecular formula is C29H47N5O3S. The molecule has 2 aliphatic rings. The fourth-order valence-corrected chi connectivity index (χ4v) is 5.72. The first kappa shape index (κ1) is 31.9. The number of nitrogens with zero attached hydrogens (tertiary/aromatic N) is 4. The number of carbonyl (C=O) groups excluding carboxylic acids is 2. The molecule has 2 N–H and O–H groups in total. The summed E-state index contributed by atoms with van der Waals surface area (Å²) < 4.78 is 0. The van der Waals surface area contributed by atoms with Crippen LogP contribution in [-0.4, -0.2) is 69.1 Å². The van der Waals surface area contributed by atoms with Gasteiger partial charge in [0.1, 0.15) is 10.0 Å². The van der Waals surface area contributed by atoms with E-state index < -0.39 is 5.54 Å². The summed E-state index contributed by atoms with van der Waals surface area (Å²) in [5.74, 6) is 0.421. The number of aromatic nitrogens is 2. The van der Waals surface area contributed by atoms with E-state index in [0.717, 1.165) is 73.9 Å². The Hall–Kier alpha value is -2.36. The lowest BCUT2D eigenvalue weighted by Crippen LogP contribution is -2.53. The smallest absolute Gasteiger partial charge is 0.240 e. The fraction of sp³-hybridized carbons (Fsp3) is 0.655. The van der Waals surface area contributed by atoms with Gasteiger partial charge in [0.05, 0.1) is 18.7 Å². The largest absolute Gasteiger partial charge is 0.392 e. The van der Waals surface area contributed by atoms with Crippen molar-refractivity contribution < 1.29 is 14.7 Å². The number of aryl methyl sites for hydroxylation is 1. The van der Waals surface area contributed by atoms with E-state index in [1.165, 1.54) is 18.4 Å². The number of hydrogen-bond acceptors (Lipinski definition) is 7. The maximum atomic E-state index is 12.6. The van der Waals surface area contributed by atoms with Crippen molar-refractivity contribution in [2.75, 3.05) is 26.2 Å². The van der Waals surface area contributed by atoms with Crippen molar-refractivity contribution in [3.8, 4) is 0 Å². The van der Waals surface area contributed by atoms with E-state index in [1.54, 1.807) is 16.2 Å². The zero-order chi connectivity index (χ0) is 28.0. The van der Waals surface area contributed by atoms with Gasteiger partial charge in [-0.2, -0.15) is 0 Å². The standard InChI is InChI=1S/C17H27N5O2S.C10H14O.C2H6/c1-17(2,22-7-3-4-8-22)16(24)18-11-14-19-20-15(25-14)13-5-9-21(12-23)10-6-13;1-2-5-9-6-3-4-7-10(9)8-11;1-2/h12-13H,3-11H2,1-2H3,(H,18,24);3-4,6-7,11H,2,5,8H2,1H3;1-2H3. The van der Waals surface area contributed by atoms with Crippen molar-refractivity contribution in [1.82, 2.24) is 25.3 Å². The minimum absolute atomic E-state index is 0.0467. The topological polar surface area (TPSA) is 98.7 Å². The molecule has 2 aromatic rings. The van der Waals surface area contributed by atoms with Crippen molar-refractivity contribution in [3.05, 3.63) is 45.4 Å². The first-order valence-electron chi connectivity index (χ1n) is 14.1. The molecule has 0 radical (unpaired) electrons. The van der Waals surface area contributed by atoms with Crippen LogP contribution in [0.2, 0.25) is 0 Å². The summed E-state index contributed by atoms with van der Waals surface area (Å²) >= 11 is 1.58. The van der Waals surface area contributed by atoms with Crippen molar-refractivity contribution >= 4 is 23.7 Å². The summed E-state index contributed by atoms with van der Waals surface area (Å²) in [6, 6.07) is 8.04. The maximum Gasteiger partial charge on any atom is 0.240 e. The van der Waals surface area contributed by atoms with Crippen LogP contribution in [0.4, 0.5) is 0 Å². The van der Waals surface area contributed by atoms with Crippen molar-refractivity contribution in [2.45, 2.75) is 97.8 Å². The molecule has 2 saturated heterocycles. The van der Waals surface area contributed by atoms with Gasteiger partial charge in [-0.15, -0.1) is 10.2 Å². The Balaban J connectivity index is 0.000000327. The highest BCUT2D eigenvalue weighted by Gasteiger charge is 2.36. The highest BCUT2D eigenvalue weighted by atomic mass is 32.1. The van der Waals surface area contributed by atoms with E-state index in [4.69, 9.17) is 5.11 Å². The minimum atomic E-state index is -0.480. The SMILES string of the molecule is CC.CC(C)(C(=O)NCc1nnc(C2CCN(C=O)CC2)s1)N1CCCC1.CCCc1ccccc1CO. The zero-order valence-corrected chi connectivity index (χ0v) is 24.7. The molecule has 2 aliphatic heterocycles. The summed E-state index contributed by atoms with van der Waals surface area (Å²) in [4.78, 5) is 27.4. The first-order chi connectivity index (χ1) is 18.4. The second-order valence-electron chi connectivity index (χ2n) is 10.1. The number of piperidine rings is 1. The molecule has 0 bridgehead atoms. The van der Waals surface area contributed by atoms with Crippen molar-refractivity contribution in [2.24, 2.45) is 0 Å². The minimum Gasteiger partial charge on any atom is -0.392 e. The van der Waals surface area contributed by atoms with Crippen LogP contribution in [0.25, 0.3) is 0 Å². The Labute approximate surface area is 232 Å². The number of carbonyl (C=O) groups is 2. The maximum absolute atomic E-state index is 12.6. The second kappa shape index (κ2) is 16.6. The predicted molar refractivity (Wildman–Crippen MR) is 154 cm³/mol. The molecule has 1 aromatic heterocycles. The summed E-state index contributed by atoms with van der Waals surface area (Å²) in [7, 11) is 0. The van der Waals surface area contributed by atoms with Crippen LogP contribution in [0, 0.1) is 0 Å². The third-order valence-electron chi connectivity index (χ3n) is 7.17. The third-order valence-corrected chi connectivity index (χ3v) is 8.26. The molecule has 38 heavy (non-hydrogen) atoms. The highest BCUT2D eigenvalue weighted by molar-refractivity contribution is 7.11. The van der Waals surface area contributed by atoms with Crippen molar-refractivity contribution in [3.63, 3.8) is 0 Å². The molecule has 1 aromatic carbocycles. The van der Waals surface area contributed by atoms with Gasteiger partial charge in [-0.1, -0.05) is 62.8 Å². The van der Waals surface area contributed by atoms with Gasteiger partial charge < -0.3 is 15.3 Å². The van der Waals surface area contributed by atoms with Gasteiger partial charge in [-0.05, 0) is 70.2 Å². The van der Waals surface area contributed by atoms with E-state index in [9.17, 15) is 9.59 Å². The lowest BCUT2D eigenvalue weighted by molar-refractivity contribution is -0.131. The van der Waals surface area contributed by atoms with Gasteiger partial charge in [-0.25, -0.2) is 0 Å². The van der Waals surface area contributed by atoms with Gasteiger partial charge >= 0.3 is 0 Å². The average Bonchev–Trinajstić information content (AvgIpc) is 3.67. The molecular weight excluding hydrogens is 498 g/mol. The van der Waals surface area contributed by atoms with E-state index in [2.05, 4.69) is 33.4 Å². The average molecular weight is 546 g/mol. The number of benzene rings is 1. The molecule has 0 unspecified atom stereocenters. The summed E-state index contributed by atoms with van der Waals surface area (Å²) in [5, 5.41) is 22.4. The van der Waals surface area contributed by atoms with Crippen LogP contribution < -0.4 is 5.32 Å². The lowest BCUT2D eigenvalue weighted by Gasteiger charge is -2.33. The third kappa shape index (κ3) is 9.13. The number of rotatable bonds is 9. The van der Waals surface area contributed by atoms with Gasteiger partial charge in [0, 0.05) is 19.0 Å². The number of nitrogens with one attached hydrogen (secondary N) is 1. The Morgan fingerprint density at radius 2 is 1.74 bits per heavy atom. The molecule has 0 aliphatic carbocycles. The zero-order valence-electron chi connectivity index (χ0n) is 23.9. The second-order valence-corrected chi connectivity index (χ2v) is 11.2. The van der Waals surface area contributed by atoms with Crippen LogP contribution in [0.1, 0.15) is 93.8 Å². The number of hydrogen-bond donors (Lipinski definition) is 2. The molecule has 2 fully saturated rings. The Morgan fingerprint density at radius 1 is 1.11 bits per heavy atom. The van der Waals surface area contributed by atoms with E-state index in [-0.39, 0.29) is 12.5 Å². The number of aliphatic hydroxyl groups is 1. The van der Waals surface area contributed by atoms with Crippen LogP contribution in [0.5, 0.6) is 0 Å². The molecule has 0 saturated carbocycles. The molecule has 2 amide bonds. The lowest BCUT2D eigenvalue weighted by atomic mass is 9.98. The Bertz CT molecular complexity index is 967. The first-order valence-corrected chi connectivity index (χ1v) is 14.9. The van der Waals surface area contributed by atoms with E-state index in [0.29, 0.717) is 12.5 Å². The monoisotopic (exact) mass is 545 g/mol. The number of amides is 2. The molecule has 9 heteroatoms. The van der Waals surface area contributed by atoms with E-state index >= 15 is 0 Å². The normalized spacial score (nSPS) is 16.2. The van der Waals surface area contributed by atoms with Gasteiger partial charge in [0.25, 0.3) is 0 Å². The fourth-order valence-electron chi connectivity index (χ4n) is 4.77. The van der Waals surface area contributed by atoms with Crippen LogP contribution in [0.15, 0.2) is 24.3 Å². The summed E-state index contributed by atoms with van der Waals surface area (Å²) in [6.07, 6.45) is 7.31. The summed E-state index contributed by atoms with van der Waals surface area (Å²) in [6.45, 7) is 14.3. The Kier molecular flexibility index (Phi) is 13.9. The van der Waals surface area contributed by atoms with E-state index in [1.807, 2.05) is 45.9 Å². The number of likely N-dealkylation sites (tertiary alicyclic amines) is 2. The number of aliphatic hydroxyl groups excluding tert-OH is 1. The molecule has 0 atom stereocenters. The van der Waals surface area contributed by atoms with Gasteiger partial charge in [-0.3, -0.25) is 14.5 Å². The van der Waals surface area contributed by atoms with Crippen LogP contribution in [0.3, 0.4) is 0 Å².